The number of hydrogen-bond acceptors (Lipinski definition) is 8. The molecule has 1 saturated heterocycles. The Morgan fingerprint density at radius 2 is 1.76 bits per heavy atom. The highest BCUT2D eigenvalue weighted by Crippen LogP contribution is 2.32. The van der Waals surface area contributed by atoms with E-state index in [-0.39, 0.29) is 10.8 Å². The zero-order chi connectivity index (χ0) is 27.1. The summed E-state index contributed by atoms with van der Waals surface area (Å²) in [7, 11) is -2.49. The van der Waals surface area contributed by atoms with Gasteiger partial charge in [-0.2, -0.15) is 0 Å². The number of benzene rings is 2. The lowest BCUT2D eigenvalue weighted by Crippen LogP contribution is -2.40. The van der Waals surface area contributed by atoms with Crippen molar-refractivity contribution >= 4 is 32.7 Å². The third-order valence-corrected chi connectivity index (χ3v) is 7.97. The van der Waals surface area contributed by atoms with E-state index in [0.29, 0.717) is 24.7 Å². The number of nitrogens with one attached hydrogen (secondary N) is 1. The average Bonchev–Trinajstić information content (AvgIpc) is 3.22. The molecule has 0 atom stereocenters. The molecule has 3 heterocycles. The van der Waals surface area contributed by atoms with E-state index in [1.807, 2.05) is 34.9 Å². The summed E-state index contributed by atoms with van der Waals surface area (Å²) in [6.07, 6.45) is 1.60. The van der Waals surface area contributed by atoms with E-state index in [1.165, 1.54) is 7.11 Å². The van der Waals surface area contributed by atoms with Crippen LogP contribution in [0.25, 0.3) is 27.8 Å². The summed E-state index contributed by atoms with van der Waals surface area (Å²) in [4.78, 5) is 11.1. The normalized spacial score (nSPS) is 14.7. The van der Waals surface area contributed by atoms with E-state index in [2.05, 4.69) is 31.7 Å². The Morgan fingerprint density at radius 1 is 1.03 bits per heavy atom. The Labute approximate surface area is 222 Å². The molecule has 2 aromatic heterocycles. The van der Waals surface area contributed by atoms with Crippen molar-refractivity contribution in [3.63, 3.8) is 0 Å². The van der Waals surface area contributed by atoms with Crippen molar-refractivity contribution in [3.05, 3.63) is 54.7 Å². The topological polar surface area (TPSA) is 125 Å². The summed E-state index contributed by atoms with van der Waals surface area (Å²) < 4.78 is 41.6. The van der Waals surface area contributed by atoms with Crippen LogP contribution in [0.2, 0.25) is 0 Å². The number of nitrogens with zero attached hydrogens (tertiary/aromatic N) is 4. The second-order valence-electron chi connectivity index (χ2n) is 10.2. The molecule has 0 aliphatic carbocycles. The van der Waals surface area contributed by atoms with Crippen molar-refractivity contribution in [2.24, 2.45) is 0 Å². The zero-order valence-corrected chi connectivity index (χ0v) is 22.7. The minimum Gasteiger partial charge on any atom is -0.480 e. The van der Waals surface area contributed by atoms with E-state index in [1.54, 1.807) is 33.0 Å². The van der Waals surface area contributed by atoms with Crippen molar-refractivity contribution in [1.82, 2.24) is 19.3 Å². The number of imidazole rings is 1. The lowest BCUT2D eigenvalue weighted by Gasteiger charge is -2.29. The van der Waals surface area contributed by atoms with E-state index >= 15 is 0 Å². The van der Waals surface area contributed by atoms with Crippen LogP contribution in [0.1, 0.15) is 20.8 Å². The standard InChI is InChI=1S/C27H32N6O4S/c1-27(2,3)31-38(34,35)24-15-19(17-29-25(24)36-4)18-8-9-22-23(14-18)33(26(28)30-22)21-7-5-6-20(16-21)32-10-12-37-13-11-32/h5-9,14-17,31H,10-13H2,1-4H3,(H2,28,30). The van der Waals surface area contributed by atoms with E-state index in [4.69, 9.17) is 15.2 Å². The number of anilines is 2. The number of methoxy groups -OCH3 is 1. The molecule has 0 amide bonds. The van der Waals surface area contributed by atoms with Gasteiger partial charge in [0, 0.05) is 36.1 Å². The molecule has 0 saturated carbocycles. The van der Waals surface area contributed by atoms with Crippen molar-refractivity contribution in [2.45, 2.75) is 31.2 Å². The molecular formula is C27H32N6O4S. The summed E-state index contributed by atoms with van der Waals surface area (Å²) in [5.74, 6) is 0.391. The molecule has 1 aliphatic heterocycles. The van der Waals surface area contributed by atoms with Crippen LogP contribution in [0.15, 0.2) is 59.6 Å². The van der Waals surface area contributed by atoms with Crippen molar-refractivity contribution in [3.8, 4) is 22.7 Å². The third kappa shape index (κ3) is 5.17. The minimum atomic E-state index is -3.88. The Morgan fingerprint density at radius 3 is 2.47 bits per heavy atom. The second kappa shape index (κ2) is 9.90. The fraction of sp³-hybridized carbons (Fsp3) is 0.333. The minimum absolute atomic E-state index is 0.0285. The highest BCUT2D eigenvalue weighted by Gasteiger charge is 2.27. The van der Waals surface area contributed by atoms with Crippen LogP contribution in [0.3, 0.4) is 0 Å². The monoisotopic (exact) mass is 536 g/mol. The van der Waals surface area contributed by atoms with Gasteiger partial charge in [-0.1, -0.05) is 12.1 Å². The lowest BCUT2D eigenvalue weighted by molar-refractivity contribution is 0.122. The fourth-order valence-electron chi connectivity index (χ4n) is 4.59. The van der Waals surface area contributed by atoms with Crippen LogP contribution < -0.4 is 20.1 Å². The number of morpholine rings is 1. The van der Waals surface area contributed by atoms with Gasteiger partial charge in [0.25, 0.3) is 0 Å². The SMILES string of the molecule is COc1ncc(-c2ccc3nc(N)n(-c4cccc(N5CCOCC5)c4)c3c2)cc1S(=O)(=O)NC(C)(C)C. The number of nitrogen functional groups attached to an aromatic ring is 1. The number of nitrogens with two attached hydrogens (primary N) is 1. The van der Waals surface area contributed by atoms with Crippen LogP contribution in [0.4, 0.5) is 11.6 Å². The summed E-state index contributed by atoms with van der Waals surface area (Å²) in [6, 6.07) is 15.4. The number of sulfonamides is 1. The van der Waals surface area contributed by atoms with Gasteiger partial charge >= 0.3 is 0 Å². The lowest BCUT2D eigenvalue weighted by atomic mass is 10.1. The van der Waals surface area contributed by atoms with Crippen LogP contribution >= 0.6 is 0 Å². The number of fused-ring (bicyclic) bond motifs is 1. The quantitative estimate of drug-likeness (QED) is 0.383. The Bertz CT molecular complexity index is 1590. The van der Waals surface area contributed by atoms with Gasteiger partial charge in [-0.05, 0) is 62.7 Å². The van der Waals surface area contributed by atoms with Gasteiger partial charge in [0.2, 0.25) is 21.9 Å². The molecule has 1 fully saturated rings. The van der Waals surface area contributed by atoms with Gasteiger partial charge in [0.15, 0.2) is 0 Å². The highest BCUT2D eigenvalue weighted by molar-refractivity contribution is 7.89. The number of rotatable bonds is 6. The number of pyridine rings is 1. The van der Waals surface area contributed by atoms with Gasteiger partial charge in [0.1, 0.15) is 4.90 Å². The van der Waals surface area contributed by atoms with Crippen LogP contribution in [-0.2, 0) is 14.8 Å². The first-order chi connectivity index (χ1) is 18.1. The maximum absolute atomic E-state index is 13.2. The summed E-state index contributed by atoms with van der Waals surface area (Å²) >= 11 is 0. The molecule has 0 spiro atoms. The molecular weight excluding hydrogens is 504 g/mol. The smallest absolute Gasteiger partial charge is 0.246 e. The van der Waals surface area contributed by atoms with E-state index in [9.17, 15) is 8.42 Å². The molecule has 10 nitrogen and oxygen atoms in total. The third-order valence-electron chi connectivity index (χ3n) is 6.22. The predicted molar refractivity (Wildman–Crippen MR) is 148 cm³/mol. The molecule has 2 aromatic carbocycles. The van der Waals surface area contributed by atoms with Crippen LogP contribution in [0.5, 0.6) is 5.88 Å². The van der Waals surface area contributed by atoms with Crippen LogP contribution in [-0.4, -0.2) is 61.9 Å². The Kier molecular flexibility index (Phi) is 6.76. The molecule has 0 radical (unpaired) electrons. The largest absolute Gasteiger partial charge is 0.480 e. The first-order valence-electron chi connectivity index (χ1n) is 12.4. The summed E-state index contributed by atoms with van der Waals surface area (Å²) in [5.41, 5.74) is 10.6. The fourth-order valence-corrected chi connectivity index (χ4v) is 6.15. The highest BCUT2D eigenvalue weighted by atomic mass is 32.2. The Hall–Kier alpha value is -3.67. The molecule has 0 unspecified atom stereocenters. The van der Waals surface area contributed by atoms with Gasteiger partial charge in [0.05, 0.1) is 37.0 Å². The summed E-state index contributed by atoms with van der Waals surface area (Å²) in [6.45, 7) is 8.39. The van der Waals surface area contributed by atoms with Crippen molar-refractivity contribution in [1.29, 1.82) is 0 Å². The summed E-state index contributed by atoms with van der Waals surface area (Å²) in [5, 5.41) is 0. The predicted octanol–water partition coefficient (Wildman–Crippen LogP) is 3.59. The Balaban J connectivity index is 1.59. The second-order valence-corrected chi connectivity index (χ2v) is 11.9. The van der Waals surface area contributed by atoms with Crippen molar-refractivity contribution < 1.29 is 17.9 Å². The first-order valence-corrected chi connectivity index (χ1v) is 13.8. The zero-order valence-electron chi connectivity index (χ0n) is 21.9. The number of ether oxygens (including phenoxy) is 2. The molecule has 1 aliphatic rings. The number of aromatic nitrogens is 3. The van der Waals surface area contributed by atoms with Crippen LogP contribution in [0, 0.1) is 0 Å². The van der Waals surface area contributed by atoms with Gasteiger partial charge in [-0.3, -0.25) is 4.57 Å². The molecule has 4 aromatic rings. The molecule has 200 valence electrons. The van der Waals surface area contributed by atoms with Crippen molar-refractivity contribution in [2.75, 3.05) is 44.0 Å². The molecule has 5 rings (SSSR count). The average molecular weight is 537 g/mol. The maximum atomic E-state index is 13.2. The van der Waals surface area contributed by atoms with Gasteiger partial charge in [-0.15, -0.1) is 0 Å². The number of hydrogen-bond donors (Lipinski definition) is 2. The maximum Gasteiger partial charge on any atom is 0.246 e. The van der Waals surface area contributed by atoms with E-state index in [0.717, 1.165) is 41.1 Å². The van der Waals surface area contributed by atoms with Gasteiger partial charge in [-0.25, -0.2) is 23.1 Å². The molecule has 3 N–H and O–H groups in total. The molecule has 11 heteroatoms. The molecule has 38 heavy (non-hydrogen) atoms. The first kappa shape index (κ1) is 26.0. The molecule has 0 bridgehead atoms. The van der Waals surface area contributed by atoms with E-state index < -0.39 is 15.6 Å². The van der Waals surface area contributed by atoms with Gasteiger partial charge < -0.3 is 20.1 Å².